The molecule has 0 aliphatic carbocycles. The van der Waals surface area contributed by atoms with Gasteiger partial charge in [0.25, 0.3) is 0 Å². The fourth-order valence-electron chi connectivity index (χ4n) is 0.250. The summed E-state index contributed by atoms with van der Waals surface area (Å²) in [5, 5.41) is 3.11. The number of alkyl halides is 3. The second-order valence-electron chi connectivity index (χ2n) is 1.42. The maximum atomic E-state index is 10.2. The van der Waals surface area contributed by atoms with Gasteiger partial charge in [-0.05, 0) is 13.1 Å². The Morgan fingerprint density at radius 1 is 1.20 bits per heavy atom. The van der Waals surface area contributed by atoms with Crippen molar-refractivity contribution in [3.05, 3.63) is 0 Å². The van der Waals surface area contributed by atoms with E-state index in [1.807, 2.05) is 0 Å². The molecule has 0 fully saturated rings. The number of halogens is 3. The van der Waals surface area contributed by atoms with Gasteiger partial charge in [0, 0.05) is 0 Å². The Kier molecular flexibility index (Phi) is 9.19. The SMILES string of the molecule is CCNCC.FC(F)(F)S. The van der Waals surface area contributed by atoms with Crippen LogP contribution in [0.3, 0.4) is 0 Å². The van der Waals surface area contributed by atoms with Crippen LogP contribution in [-0.4, -0.2) is 18.6 Å². The summed E-state index contributed by atoms with van der Waals surface area (Å²) in [5.74, 6) is 0. The van der Waals surface area contributed by atoms with Gasteiger partial charge >= 0.3 is 5.51 Å². The molecule has 0 aromatic heterocycles. The maximum absolute atomic E-state index is 10.2. The highest BCUT2D eigenvalue weighted by atomic mass is 32.1. The van der Waals surface area contributed by atoms with Crippen molar-refractivity contribution < 1.29 is 13.2 Å². The van der Waals surface area contributed by atoms with Crippen LogP contribution in [0.4, 0.5) is 13.2 Å². The lowest BCUT2D eigenvalue weighted by atomic mass is 10.7. The fraction of sp³-hybridized carbons (Fsp3) is 1.00. The lowest BCUT2D eigenvalue weighted by Crippen LogP contribution is -2.09. The van der Waals surface area contributed by atoms with Gasteiger partial charge in [-0.1, -0.05) is 26.5 Å². The van der Waals surface area contributed by atoms with Crippen molar-refractivity contribution in [2.24, 2.45) is 0 Å². The summed E-state index contributed by atoms with van der Waals surface area (Å²) in [6.07, 6.45) is 0. The molecule has 0 bridgehead atoms. The molecule has 10 heavy (non-hydrogen) atoms. The first-order chi connectivity index (χ1) is 4.41. The summed E-state index contributed by atoms with van der Waals surface area (Å²) in [7, 11) is 0. The average molecular weight is 175 g/mol. The van der Waals surface area contributed by atoms with Gasteiger partial charge < -0.3 is 5.32 Å². The van der Waals surface area contributed by atoms with Gasteiger partial charge in [-0.25, -0.2) is 0 Å². The molecule has 0 aromatic rings. The first-order valence-corrected chi connectivity index (χ1v) is 3.36. The van der Waals surface area contributed by atoms with Gasteiger partial charge in [0.05, 0.1) is 0 Å². The Hall–Kier alpha value is 0.100. The zero-order chi connectivity index (χ0) is 8.62. The predicted molar refractivity (Wildman–Crippen MR) is 39.3 cm³/mol. The molecule has 64 valence electrons. The minimum atomic E-state index is -4.31. The van der Waals surface area contributed by atoms with Crippen LogP contribution in [0.1, 0.15) is 13.8 Å². The van der Waals surface area contributed by atoms with Crippen molar-refractivity contribution in [3.8, 4) is 0 Å². The van der Waals surface area contributed by atoms with E-state index in [2.05, 4.69) is 31.8 Å². The Bertz CT molecular complexity index is 56.4. The summed E-state index contributed by atoms with van der Waals surface area (Å²) in [5.41, 5.74) is -4.31. The maximum Gasteiger partial charge on any atom is 0.438 e. The number of hydrogen-bond donors (Lipinski definition) is 2. The number of hydrogen-bond acceptors (Lipinski definition) is 2. The van der Waals surface area contributed by atoms with Crippen LogP contribution in [0.2, 0.25) is 0 Å². The third-order valence-corrected chi connectivity index (χ3v) is 0.500. The molecular weight excluding hydrogens is 163 g/mol. The molecule has 0 unspecified atom stereocenters. The van der Waals surface area contributed by atoms with Crippen molar-refractivity contribution in [1.29, 1.82) is 0 Å². The smallest absolute Gasteiger partial charge is 0.317 e. The fourth-order valence-corrected chi connectivity index (χ4v) is 0.250. The first kappa shape index (κ1) is 12.7. The molecule has 0 rings (SSSR count). The molecule has 0 saturated carbocycles. The second kappa shape index (κ2) is 7.21. The van der Waals surface area contributed by atoms with Gasteiger partial charge in [0.15, 0.2) is 0 Å². The molecule has 0 saturated heterocycles. The zero-order valence-electron chi connectivity index (χ0n) is 6.00. The quantitative estimate of drug-likeness (QED) is 0.612. The van der Waals surface area contributed by atoms with Crippen LogP contribution in [0.5, 0.6) is 0 Å². The largest absolute Gasteiger partial charge is 0.438 e. The summed E-state index contributed by atoms with van der Waals surface area (Å²) < 4.78 is 30.7. The molecule has 0 aromatic carbocycles. The number of rotatable bonds is 2. The van der Waals surface area contributed by atoms with Crippen molar-refractivity contribution >= 4 is 12.6 Å². The van der Waals surface area contributed by atoms with Crippen molar-refractivity contribution in [1.82, 2.24) is 5.32 Å². The average Bonchev–Trinajstić information content (AvgIpc) is 1.63. The van der Waals surface area contributed by atoms with E-state index < -0.39 is 5.51 Å². The lowest BCUT2D eigenvalue weighted by Gasteiger charge is -1.87. The molecule has 0 heterocycles. The summed E-state index contributed by atoms with van der Waals surface area (Å²) in [6, 6.07) is 0. The third kappa shape index (κ3) is 92.6. The van der Waals surface area contributed by atoms with Gasteiger partial charge in [0.2, 0.25) is 0 Å². The van der Waals surface area contributed by atoms with E-state index in [9.17, 15) is 13.2 Å². The van der Waals surface area contributed by atoms with Crippen molar-refractivity contribution in [3.63, 3.8) is 0 Å². The highest BCUT2D eigenvalue weighted by Gasteiger charge is 2.17. The van der Waals surface area contributed by atoms with E-state index in [0.717, 1.165) is 13.1 Å². The van der Waals surface area contributed by atoms with Crippen LogP contribution < -0.4 is 5.32 Å². The van der Waals surface area contributed by atoms with Crippen molar-refractivity contribution in [2.45, 2.75) is 19.4 Å². The van der Waals surface area contributed by atoms with E-state index in [1.54, 1.807) is 0 Å². The predicted octanol–water partition coefficient (Wildman–Crippen LogP) is 2.05. The molecular formula is C5H12F3NS. The van der Waals surface area contributed by atoms with Gasteiger partial charge in [0.1, 0.15) is 0 Å². The number of nitrogens with one attached hydrogen (secondary N) is 1. The molecule has 1 N–H and O–H groups in total. The van der Waals surface area contributed by atoms with E-state index in [-0.39, 0.29) is 0 Å². The van der Waals surface area contributed by atoms with Crippen LogP contribution in [0.15, 0.2) is 0 Å². The molecule has 1 nitrogen and oxygen atoms in total. The van der Waals surface area contributed by atoms with E-state index in [1.165, 1.54) is 0 Å². The Balaban J connectivity index is 0. The Morgan fingerprint density at radius 2 is 1.40 bits per heavy atom. The lowest BCUT2D eigenvalue weighted by molar-refractivity contribution is -0.0303. The monoisotopic (exact) mass is 175 g/mol. The molecule has 0 spiro atoms. The Labute approximate surface area is 64.4 Å². The summed E-state index contributed by atoms with van der Waals surface area (Å²) in [4.78, 5) is 0. The highest BCUT2D eigenvalue weighted by Crippen LogP contribution is 2.17. The first-order valence-electron chi connectivity index (χ1n) is 2.91. The Morgan fingerprint density at radius 3 is 1.40 bits per heavy atom. The molecule has 0 aliphatic heterocycles. The van der Waals surface area contributed by atoms with Gasteiger partial charge in [-0.3, -0.25) is 0 Å². The van der Waals surface area contributed by atoms with E-state index in [4.69, 9.17) is 0 Å². The molecule has 0 atom stereocenters. The van der Waals surface area contributed by atoms with Gasteiger partial charge in [-0.2, -0.15) is 13.2 Å². The van der Waals surface area contributed by atoms with Gasteiger partial charge in [-0.15, -0.1) is 0 Å². The topological polar surface area (TPSA) is 12.0 Å². The molecule has 0 amide bonds. The van der Waals surface area contributed by atoms with E-state index in [0.29, 0.717) is 0 Å². The number of thiol groups is 1. The molecule has 5 heteroatoms. The minimum Gasteiger partial charge on any atom is -0.317 e. The molecule has 0 radical (unpaired) electrons. The van der Waals surface area contributed by atoms with Crippen LogP contribution in [0.25, 0.3) is 0 Å². The van der Waals surface area contributed by atoms with Crippen LogP contribution >= 0.6 is 12.6 Å². The zero-order valence-corrected chi connectivity index (χ0v) is 6.89. The van der Waals surface area contributed by atoms with Crippen molar-refractivity contribution in [2.75, 3.05) is 13.1 Å². The molecule has 0 aliphatic rings. The normalized spacial score (nSPS) is 10.2. The standard InChI is InChI=1S/C4H11N.CHF3S/c1-3-5-4-2;2-1(3,4)5/h5H,3-4H2,1-2H3;5H. The van der Waals surface area contributed by atoms with Crippen LogP contribution in [-0.2, 0) is 0 Å². The summed E-state index contributed by atoms with van der Waals surface area (Å²) >= 11 is 2.12. The van der Waals surface area contributed by atoms with E-state index >= 15 is 0 Å². The summed E-state index contributed by atoms with van der Waals surface area (Å²) in [6.45, 7) is 6.39. The minimum absolute atomic E-state index is 1.09. The van der Waals surface area contributed by atoms with Crippen LogP contribution in [0, 0.1) is 0 Å². The highest BCUT2D eigenvalue weighted by molar-refractivity contribution is 7.81. The third-order valence-electron chi connectivity index (χ3n) is 0.500. The second-order valence-corrected chi connectivity index (χ2v) is 1.93.